The summed E-state index contributed by atoms with van der Waals surface area (Å²) in [4.78, 5) is 18.9. The van der Waals surface area contributed by atoms with E-state index in [1.165, 1.54) is 5.56 Å². The summed E-state index contributed by atoms with van der Waals surface area (Å²) in [5, 5.41) is 7.06. The summed E-state index contributed by atoms with van der Waals surface area (Å²) in [5.74, 6) is 2.11. The Morgan fingerprint density at radius 3 is 2.87 bits per heavy atom. The van der Waals surface area contributed by atoms with Gasteiger partial charge in [-0.3, -0.25) is 0 Å². The number of aromatic nitrogens is 2. The molecule has 1 unspecified atom stereocenters. The highest BCUT2D eigenvalue weighted by molar-refractivity contribution is 5.89. The maximum atomic E-state index is 12.6. The van der Waals surface area contributed by atoms with Crippen molar-refractivity contribution in [2.24, 2.45) is 0 Å². The fraction of sp³-hybridized carbons (Fsp3) is 0.375. The van der Waals surface area contributed by atoms with E-state index in [2.05, 4.69) is 22.4 Å². The van der Waals surface area contributed by atoms with Gasteiger partial charge in [0, 0.05) is 25.2 Å². The molecule has 1 saturated heterocycles. The molecule has 4 rings (SSSR count). The number of nitrogens with one attached hydrogen (secondary N) is 1. The van der Waals surface area contributed by atoms with E-state index in [0.29, 0.717) is 37.8 Å². The van der Waals surface area contributed by atoms with Crippen LogP contribution in [0.5, 0.6) is 5.75 Å². The molecule has 1 atom stereocenters. The number of nitrogens with zero attached hydrogens (tertiary/aromatic N) is 3. The lowest BCUT2D eigenvalue weighted by Crippen LogP contribution is -2.32. The summed E-state index contributed by atoms with van der Waals surface area (Å²) in [7, 11) is 0. The van der Waals surface area contributed by atoms with Gasteiger partial charge in [0.2, 0.25) is 5.89 Å². The van der Waals surface area contributed by atoms with Crippen molar-refractivity contribution in [1.29, 1.82) is 0 Å². The van der Waals surface area contributed by atoms with E-state index in [9.17, 15) is 4.79 Å². The Hall–Kier alpha value is -3.35. The average molecular weight is 421 g/mol. The number of likely N-dealkylation sites (tertiary alicyclic amines) is 1. The number of aryl methyl sites for hydroxylation is 3. The van der Waals surface area contributed by atoms with E-state index in [1.807, 2.05) is 56.3 Å². The summed E-state index contributed by atoms with van der Waals surface area (Å²) < 4.78 is 11.2. The van der Waals surface area contributed by atoms with Gasteiger partial charge in [0.25, 0.3) is 0 Å². The van der Waals surface area contributed by atoms with Gasteiger partial charge < -0.3 is 19.5 Å². The Labute approximate surface area is 182 Å². The van der Waals surface area contributed by atoms with E-state index >= 15 is 0 Å². The number of hydrogen-bond acceptors (Lipinski definition) is 5. The molecule has 0 bridgehead atoms. The molecule has 7 nitrogen and oxygen atoms in total. The van der Waals surface area contributed by atoms with Crippen molar-refractivity contribution in [2.45, 2.75) is 39.5 Å². The number of ether oxygens (including phenoxy) is 1. The zero-order valence-corrected chi connectivity index (χ0v) is 18.2. The highest BCUT2D eigenvalue weighted by Gasteiger charge is 2.31. The molecule has 162 valence electrons. The molecule has 2 heterocycles. The standard InChI is InChI=1S/C24H28N4O3/c1-16-5-4-6-21(13-16)30-12-10-22-26-23(31-27-22)19-9-11-28(15-19)24(29)25-20-8-7-17(2)18(3)14-20/h4-8,13-14,19H,9-12,15H2,1-3H3,(H,25,29). The van der Waals surface area contributed by atoms with E-state index in [0.717, 1.165) is 29.0 Å². The van der Waals surface area contributed by atoms with Crippen LogP contribution in [0.2, 0.25) is 0 Å². The molecule has 3 aromatic rings. The van der Waals surface area contributed by atoms with Crippen LogP contribution >= 0.6 is 0 Å². The number of hydrogen-bond donors (Lipinski definition) is 1. The molecule has 0 aliphatic carbocycles. The number of urea groups is 1. The topological polar surface area (TPSA) is 80.5 Å². The molecular formula is C24H28N4O3. The largest absolute Gasteiger partial charge is 0.493 e. The van der Waals surface area contributed by atoms with Gasteiger partial charge in [-0.25, -0.2) is 4.79 Å². The van der Waals surface area contributed by atoms with Crippen LogP contribution < -0.4 is 10.1 Å². The number of carbonyl (C=O) groups is 1. The normalized spacial score (nSPS) is 15.8. The first kappa shape index (κ1) is 20.9. The van der Waals surface area contributed by atoms with Crippen molar-refractivity contribution < 1.29 is 14.1 Å². The van der Waals surface area contributed by atoms with Crippen molar-refractivity contribution in [3.8, 4) is 5.75 Å². The van der Waals surface area contributed by atoms with E-state index in [4.69, 9.17) is 9.26 Å². The van der Waals surface area contributed by atoms with Crippen LogP contribution in [-0.4, -0.2) is 40.8 Å². The molecule has 1 fully saturated rings. The minimum atomic E-state index is -0.1000. The molecule has 1 aliphatic heterocycles. The lowest BCUT2D eigenvalue weighted by Gasteiger charge is -2.17. The zero-order valence-electron chi connectivity index (χ0n) is 18.2. The Balaban J connectivity index is 1.27. The Bertz CT molecular complexity index is 1060. The van der Waals surface area contributed by atoms with Gasteiger partial charge >= 0.3 is 6.03 Å². The third kappa shape index (κ3) is 5.23. The van der Waals surface area contributed by atoms with E-state index in [1.54, 1.807) is 4.90 Å². The predicted octanol–water partition coefficient (Wildman–Crippen LogP) is 4.64. The second-order valence-electron chi connectivity index (χ2n) is 8.12. The fourth-order valence-electron chi connectivity index (χ4n) is 3.67. The summed E-state index contributed by atoms with van der Waals surface area (Å²) in [6.07, 6.45) is 1.38. The smallest absolute Gasteiger partial charge is 0.321 e. The van der Waals surface area contributed by atoms with E-state index in [-0.39, 0.29) is 11.9 Å². The third-order valence-electron chi connectivity index (χ3n) is 5.65. The van der Waals surface area contributed by atoms with Crippen LogP contribution in [0.1, 0.15) is 40.7 Å². The fourth-order valence-corrected chi connectivity index (χ4v) is 3.67. The molecule has 0 radical (unpaired) electrons. The van der Waals surface area contributed by atoms with Gasteiger partial charge in [0.05, 0.1) is 12.5 Å². The summed E-state index contributed by atoms with van der Waals surface area (Å²) in [6, 6.07) is 13.8. The van der Waals surface area contributed by atoms with Crippen LogP contribution in [0.15, 0.2) is 47.0 Å². The quantitative estimate of drug-likeness (QED) is 0.628. The van der Waals surface area contributed by atoms with Gasteiger partial charge in [0.15, 0.2) is 5.82 Å². The first-order valence-electron chi connectivity index (χ1n) is 10.6. The maximum absolute atomic E-state index is 12.6. The lowest BCUT2D eigenvalue weighted by molar-refractivity contribution is 0.221. The van der Waals surface area contributed by atoms with Crippen LogP contribution in [0.3, 0.4) is 0 Å². The number of carbonyl (C=O) groups excluding carboxylic acids is 1. The number of anilines is 1. The molecule has 1 aliphatic rings. The van der Waals surface area contributed by atoms with Crippen molar-refractivity contribution in [1.82, 2.24) is 15.0 Å². The van der Waals surface area contributed by atoms with Gasteiger partial charge in [-0.05, 0) is 68.1 Å². The molecule has 7 heteroatoms. The first-order valence-corrected chi connectivity index (χ1v) is 10.6. The molecule has 31 heavy (non-hydrogen) atoms. The Morgan fingerprint density at radius 2 is 2.06 bits per heavy atom. The molecule has 1 N–H and O–H groups in total. The summed E-state index contributed by atoms with van der Waals surface area (Å²) in [5.41, 5.74) is 4.33. The maximum Gasteiger partial charge on any atom is 0.321 e. The Morgan fingerprint density at radius 1 is 1.19 bits per heavy atom. The summed E-state index contributed by atoms with van der Waals surface area (Å²) >= 11 is 0. The van der Waals surface area contributed by atoms with Crippen LogP contribution in [0.4, 0.5) is 10.5 Å². The number of rotatable bonds is 6. The zero-order chi connectivity index (χ0) is 21.8. The van der Waals surface area contributed by atoms with Crippen molar-refractivity contribution >= 4 is 11.7 Å². The van der Waals surface area contributed by atoms with Crippen LogP contribution in [-0.2, 0) is 6.42 Å². The highest BCUT2D eigenvalue weighted by Crippen LogP contribution is 2.27. The summed E-state index contributed by atoms with van der Waals surface area (Å²) in [6.45, 7) is 7.84. The lowest BCUT2D eigenvalue weighted by atomic mass is 10.1. The predicted molar refractivity (Wildman–Crippen MR) is 119 cm³/mol. The highest BCUT2D eigenvalue weighted by atomic mass is 16.5. The van der Waals surface area contributed by atoms with Crippen LogP contribution in [0.25, 0.3) is 0 Å². The second kappa shape index (κ2) is 9.20. The minimum Gasteiger partial charge on any atom is -0.493 e. The second-order valence-corrected chi connectivity index (χ2v) is 8.12. The average Bonchev–Trinajstić information content (AvgIpc) is 3.40. The van der Waals surface area contributed by atoms with Crippen LogP contribution in [0, 0.1) is 20.8 Å². The Kier molecular flexibility index (Phi) is 6.21. The minimum absolute atomic E-state index is 0.0597. The van der Waals surface area contributed by atoms with Crippen molar-refractivity contribution in [3.05, 3.63) is 70.9 Å². The third-order valence-corrected chi connectivity index (χ3v) is 5.65. The number of amides is 2. The van der Waals surface area contributed by atoms with Crippen molar-refractivity contribution in [3.63, 3.8) is 0 Å². The first-order chi connectivity index (χ1) is 15.0. The molecule has 0 saturated carbocycles. The molecule has 2 amide bonds. The van der Waals surface area contributed by atoms with Gasteiger partial charge in [-0.1, -0.05) is 23.4 Å². The monoisotopic (exact) mass is 420 g/mol. The number of benzene rings is 2. The van der Waals surface area contributed by atoms with E-state index < -0.39 is 0 Å². The van der Waals surface area contributed by atoms with Crippen molar-refractivity contribution in [2.75, 3.05) is 25.0 Å². The van der Waals surface area contributed by atoms with Gasteiger partial charge in [-0.15, -0.1) is 0 Å². The molecular weight excluding hydrogens is 392 g/mol. The SMILES string of the molecule is Cc1cccc(OCCc2noc(C3CCN(C(=O)Nc4ccc(C)c(C)c4)C3)n2)c1. The van der Waals surface area contributed by atoms with Gasteiger partial charge in [-0.2, -0.15) is 4.98 Å². The van der Waals surface area contributed by atoms with Gasteiger partial charge in [0.1, 0.15) is 5.75 Å². The molecule has 1 aromatic heterocycles. The molecule has 2 aromatic carbocycles. The molecule has 0 spiro atoms.